The Kier molecular flexibility index (Phi) is 4.55. The van der Waals surface area contributed by atoms with Crippen LogP contribution in [0, 0.1) is 10.1 Å². The second-order valence-electron chi connectivity index (χ2n) is 4.01. The van der Waals surface area contributed by atoms with Crippen LogP contribution in [0.2, 0.25) is 0 Å². The fourth-order valence-electron chi connectivity index (χ4n) is 1.78. The number of benzene rings is 1. The number of nitro groups is 1. The van der Waals surface area contributed by atoms with Gasteiger partial charge < -0.3 is 5.32 Å². The van der Waals surface area contributed by atoms with E-state index in [2.05, 4.69) is 21.2 Å². The average Bonchev–Trinajstić information content (AvgIpc) is 2.81. The zero-order valence-corrected chi connectivity index (χ0v) is 12.8. The SMILES string of the molecule is CCc1ccc(NCc2ccc(Br)s2)cc1[N+](=O)[O-]. The third-order valence-corrected chi connectivity index (χ3v) is 4.38. The van der Waals surface area contributed by atoms with Crippen molar-refractivity contribution in [1.82, 2.24) is 0 Å². The lowest BCUT2D eigenvalue weighted by atomic mass is 10.1. The standard InChI is InChI=1S/C13H13BrN2O2S/c1-2-9-3-4-10(7-12(9)16(17)18)15-8-11-5-6-13(14)19-11/h3-7,15H,2,8H2,1H3. The van der Waals surface area contributed by atoms with Crippen molar-refractivity contribution in [2.45, 2.75) is 19.9 Å². The van der Waals surface area contributed by atoms with Crippen LogP contribution in [0.1, 0.15) is 17.4 Å². The number of rotatable bonds is 5. The number of anilines is 1. The summed E-state index contributed by atoms with van der Waals surface area (Å²) in [7, 11) is 0. The van der Waals surface area contributed by atoms with Gasteiger partial charge in [-0.25, -0.2) is 0 Å². The van der Waals surface area contributed by atoms with Gasteiger partial charge in [-0.2, -0.15) is 0 Å². The molecule has 4 nitrogen and oxygen atoms in total. The first-order valence-corrected chi connectivity index (χ1v) is 7.46. The number of hydrogen-bond acceptors (Lipinski definition) is 4. The van der Waals surface area contributed by atoms with Gasteiger partial charge in [0.05, 0.1) is 8.71 Å². The van der Waals surface area contributed by atoms with Crippen molar-refractivity contribution in [3.63, 3.8) is 0 Å². The van der Waals surface area contributed by atoms with E-state index >= 15 is 0 Å². The van der Waals surface area contributed by atoms with Gasteiger partial charge in [0.1, 0.15) is 0 Å². The molecule has 0 spiro atoms. The second-order valence-corrected chi connectivity index (χ2v) is 6.56. The van der Waals surface area contributed by atoms with Gasteiger partial charge in [0.15, 0.2) is 0 Å². The molecule has 0 fully saturated rings. The zero-order chi connectivity index (χ0) is 13.8. The zero-order valence-electron chi connectivity index (χ0n) is 10.4. The Bertz CT molecular complexity index is 598. The van der Waals surface area contributed by atoms with Crippen molar-refractivity contribution < 1.29 is 4.92 Å². The van der Waals surface area contributed by atoms with Crippen LogP contribution in [-0.2, 0) is 13.0 Å². The van der Waals surface area contributed by atoms with Crippen LogP contribution in [0.5, 0.6) is 0 Å². The van der Waals surface area contributed by atoms with Crippen molar-refractivity contribution in [2.75, 3.05) is 5.32 Å². The van der Waals surface area contributed by atoms with E-state index in [-0.39, 0.29) is 10.6 Å². The lowest BCUT2D eigenvalue weighted by molar-refractivity contribution is -0.385. The Labute approximate surface area is 123 Å². The third-order valence-electron chi connectivity index (χ3n) is 2.76. The van der Waals surface area contributed by atoms with Crippen LogP contribution < -0.4 is 5.32 Å². The summed E-state index contributed by atoms with van der Waals surface area (Å²) in [6, 6.07) is 9.31. The van der Waals surface area contributed by atoms with Crippen LogP contribution in [0.4, 0.5) is 11.4 Å². The molecular formula is C13H13BrN2O2S. The molecule has 6 heteroatoms. The van der Waals surface area contributed by atoms with Crippen LogP contribution in [-0.4, -0.2) is 4.92 Å². The fourth-order valence-corrected chi connectivity index (χ4v) is 3.20. The Morgan fingerprint density at radius 2 is 2.16 bits per heavy atom. The fraction of sp³-hybridized carbons (Fsp3) is 0.231. The topological polar surface area (TPSA) is 55.2 Å². The van der Waals surface area contributed by atoms with Gasteiger partial charge in [0, 0.05) is 28.7 Å². The molecule has 0 saturated heterocycles. The van der Waals surface area contributed by atoms with E-state index in [1.807, 2.05) is 31.2 Å². The molecular weight excluding hydrogens is 328 g/mol. The molecule has 0 radical (unpaired) electrons. The number of aryl methyl sites for hydroxylation is 1. The maximum absolute atomic E-state index is 11.0. The summed E-state index contributed by atoms with van der Waals surface area (Å²) in [5.74, 6) is 0. The van der Waals surface area contributed by atoms with E-state index in [0.717, 1.165) is 15.0 Å². The minimum Gasteiger partial charge on any atom is -0.380 e. The highest BCUT2D eigenvalue weighted by molar-refractivity contribution is 9.11. The molecule has 1 aromatic carbocycles. The number of nitro benzene ring substituents is 1. The van der Waals surface area contributed by atoms with Gasteiger partial charge in [-0.05, 0) is 40.5 Å². The minimum atomic E-state index is -0.328. The highest BCUT2D eigenvalue weighted by Crippen LogP contribution is 2.26. The van der Waals surface area contributed by atoms with Gasteiger partial charge in [-0.3, -0.25) is 10.1 Å². The summed E-state index contributed by atoms with van der Waals surface area (Å²) in [6.45, 7) is 2.58. The van der Waals surface area contributed by atoms with Crippen LogP contribution >= 0.6 is 27.3 Å². The molecule has 19 heavy (non-hydrogen) atoms. The van der Waals surface area contributed by atoms with Gasteiger partial charge in [0.2, 0.25) is 0 Å². The van der Waals surface area contributed by atoms with Crippen molar-refractivity contribution in [2.24, 2.45) is 0 Å². The lowest BCUT2D eigenvalue weighted by Gasteiger charge is -2.06. The summed E-state index contributed by atoms with van der Waals surface area (Å²) < 4.78 is 1.08. The van der Waals surface area contributed by atoms with Gasteiger partial charge in [-0.15, -0.1) is 11.3 Å². The molecule has 0 atom stereocenters. The number of nitrogens with zero attached hydrogens (tertiary/aromatic N) is 1. The number of halogens is 1. The molecule has 0 saturated carbocycles. The van der Waals surface area contributed by atoms with Gasteiger partial charge in [0.25, 0.3) is 5.69 Å². The predicted octanol–water partition coefficient (Wildman–Crippen LogP) is 4.59. The van der Waals surface area contributed by atoms with Crippen molar-refractivity contribution in [3.8, 4) is 0 Å². The summed E-state index contributed by atoms with van der Waals surface area (Å²) in [5, 5.41) is 14.2. The summed E-state index contributed by atoms with van der Waals surface area (Å²) in [6.07, 6.45) is 0.661. The van der Waals surface area contributed by atoms with Crippen molar-refractivity contribution in [1.29, 1.82) is 0 Å². The maximum atomic E-state index is 11.0. The third kappa shape index (κ3) is 3.54. The Morgan fingerprint density at radius 1 is 1.37 bits per heavy atom. The highest BCUT2D eigenvalue weighted by atomic mass is 79.9. The van der Waals surface area contributed by atoms with E-state index in [1.54, 1.807) is 17.4 Å². The molecule has 0 aliphatic carbocycles. The molecule has 0 amide bonds. The largest absolute Gasteiger partial charge is 0.380 e. The minimum absolute atomic E-state index is 0.180. The predicted molar refractivity (Wildman–Crippen MR) is 81.8 cm³/mol. The molecule has 0 aliphatic rings. The lowest BCUT2D eigenvalue weighted by Crippen LogP contribution is -2.00. The highest BCUT2D eigenvalue weighted by Gasteiger charge is 2.12. The molecule has 1 aromatic heterocycles. The first-order chi connectivity index (χ1) is 9.10. The Morgan fingerprint density at radius 3 is 2.74 bits per heavy atom. The first-order valence-electron chi connectivity index (χ1n) is 5.85. The normalized spacial score (nSPS) is 10.4. The molecule has 0 bridgehead atoms. The van der Waals surface area contributed by atoms with Crippen LogP contribution in [0.15, 0.2) is 34.1 Å². The van der Waals surface area contributed by atoms with E-state index in [4.69, 9.17) is 0 Å². The maximum Gasteiger partial charge on any atom is 0.274 e. The Balaban J connectivity index is 2.12. The van der Waals surface area contributed by atoms with E-state index in [0.29, 0.717) is 13.0 Å². The molecule has 2 aromatic rings. The number of hydrogen-bond donors (Lipinski definition) is 1. The van der Waals surface area contributed by atoms with Gasteiger partial charge >= 0.3 is 0 Å². The summed E-state index contributed by atoms with van der Waals surface area (Å²) >= 11 is 5.05. The molecule has 0 unspecified atom stereocenters. The number of nitrogens with one attached hydrogen (secondary N) is 1. The Hall–Kier alpha value is -1.40. The first kappa shape index (κ1) is 14.0. The molecule has 0 aliphatic heterocycles. The molecule has 1 heterocycles. The van der Waals surface area contributed by atoms with E-state index in [9.17, 15) is 10.1 Å². The quantitative estimate of drug-likeness (QED) is 0.639. The van der Waals surface area contributed by atoms with E-state index < -0.39 is 0 Å². The number of thiophene rings is 1. The van der Waals surface area contributed by atoms with Crippen molar-refractivity contribution in [3.05, 3.63) is 54.7 Å². The molecule has 100 valence electrons. The molecule has 2 rings (SSSR count). The van der Waals surface area contributed by atoms with Crippen molar-refractivity contribution >= 4 is 38.6 Å². The van der Waals surface area contributed by atoms with Gasteiger partial charge in [-0.1, -0.05) is 13.0 Å². The van der Waals surface area contributed by atoms with E-state index in [1.165, 1.54) is 4.88 Å². The van der Waals surface area contributed by atoms with Crippen LogP contribution in [0.25, 0.3) is 0 Å². The van der Waals surface area contributed by atoms with Crippen LogP contribution in [0.3, 0.4) is 0 Å². The average molecular weight is 341 g/mol. The smallest absolute Gasteiger partial charge is 0.274 e. The second kappa shape index (κ2) is 6.16. The monoisotopic (exact) mass is 340 g/mol. The summed E-state index contributed by atoms with van der Waals surface area (Å²) in [4.78, 5) is 11.8. The molecule has 1 N–H and O–H groups in total. The summed E-state index contributed by atoms with van der Waals surface area (Å²) in [5.41, 5.74) is 1.71.